The summed E-state index contributed by atoms with van der Waals surface area (Å²) in [4.78, 5) is 7.66. The lowest BCUT2D eigenvalue weighted by Crippen LogP contribution is -2.10. The molecule has 0 aliphatic heterocycles. The third-order valence-corrected chi connectivity index (χ3v) is 2.78. The molecule has 2 rings (SSSR count). The van der Waals surface area contributed by atoms with Gasteiger partial charge in [0, 0.05) is 12.5 Å². The van der Waals surface area contributed by atoms with Crippen molar-refractivity contribution >= 4 is 0 Å². The lowest BCUT2D eigenvalue weighted by Gasteiger charge is -2.03. The molecule has 3 N–H and O–H groups in total. The number of imidazole rings is 1. The molecule has 1 aromatic heterocycles. The first kappa shape index (κ1) is 10.9. The Kier molecular flexibility index (Phi) is 3.06. The predicted octanol–water partition coefficient (Wildman–Crippen LogP) is 2.45. The predicted molar refractivity (Wildman–Crippen MR) is 66.2 cm³/mol. The van der Waals surface area contributed by atoms with E-state index in [-0.39, 0.29) is 5.92 Å². The molecule has 0 saturated carbocycles. The summed E-state index contributed by atoms with van der Waals surface area (Å²) in [7, 11) is 0. The summed E-state index contributed by atoms with van der Waals surface area (Å²) in [6.45, 7) is 4.76. The van der Waals surface area contributed by atoms with E-state index >= 15 is 0 Å². The number of hydrogen-bond acceptors (Lipinski definition) is 2. The Hall–Kier alpha value is -1.61. The minimum atomic E-state index is 0.277. The van der Waals surface area contributed by atoms with Crippen LogP contribution in [0.5, 0.6) is 0 Å². The Balaban J connectivity index is 2.28. The number of aromatic nitrogens is 2. The first-order valence-electron chi connectivity index (χ1n) is 5.52. The van der Waals surface area contributed by atoms with Crippen LogP contribution in [0.1, 0.15) is 24.2 Å². The standard InChI is InChI=1S/C13H17N3/c1-9-3-5-11(6-4-9)12-8-15-13(16-12)10(2)7-14/h3-6,8,10H,7,14H2,1-2H3,(H,15,16). The van der Waals surface area contributed by atoms with Crippen molar-refractivity contribution < 1.29 is 0 Å². The summed E-state index contributed by atoms with van der Waals surface area (Å²) in [5.74, 6) is 1.23. The highest BCUT2D eigenvalue weighted by Crippen LogP contribution is 2.19. The van der Waals surface area contributed by atoms with Gasteiger partial charge in [0.1, 0.15) is 5.82 Å². The van der Waals surface area contributed by atoms with Gasteiger partial charge in [-0.3, -0.25) is 0 Å². The van der Waals surface area contributed by atoms with Crippen LogP contribution >= 0.6 is 0 Å². The van der Waals surface area contributed by atoms with Crippen molar-refractivity contribution in [3.8, 4) is 11.3 Å². The van der Waals surface area contributed by atoms with Crippen molar-refractivity contribution in [3.63, 3.8) is 0 Å². The second-order valence-electron chi connectivity index (χ2n) is 4.18. The van der Waals surface area contributed by atoms with Crippen LogP contribution in [0.25, 0.3) is 11.3 Å². The van der Waals surface area contributed by atoms with Crippen molar-refractivity contribution in [1.82, 2.24) is 9.97 Å². The van der Waals surface area contributed by atoms with Crippen molar-refractivity contribution in [2.75, 3.05) is 6.54 Å². The van der Waals surface area contributed by atoms with Gasteiger partial charge in [-0.15, -0.1) is 0 Å². The molecule has 2 aromatic rings. The van der Waals surface area contributed by atoms with Gasteiger partial charge in [-0.25, -0.2) is 4.98 Å². The number of hydrogen-bond donors (Lipinski definition) is 2. The molecule has 0 aliphatic carbocycles. The minimum absolute atomic E-state index is 0.277. The summed E-state index contributed by atoms with van der Waals surface area (Å²) >= 11 is 0. The zero-order chi connectivity index (χ0) is 11.5. The number of aryl methyl sites for hydroxylation is 1. The lowest BCUT2D eigenvalue weighted by molar-refractivity contribution is 0.725. The molecule has 3 nitrogen and oxygen atoms in total. The van der Waals surface area contributed by atoms with Crippen LogP contribution in [0.4, 0.5) is 0 Å². The summed E-state index contributed by atoms with van der Waals surface area (Å²) in [6, 6.07) is 8.39. The van der Waals surface area contributed by atoms with Crippen molar-refractivity contribution in [1.29, 1.82) is 0 Å². The third kappa shape index (κ3) is 2.14. The topological polar surface area (TPSA) is 54.7 Å². The van der Waals surface area contributed by atoms with E-state index in [1.165, 1.54) is 5.56 Å². The Morgan fingerprint density at radius 3 is 2.62 bits per heavy atom. The van der Waals surface area contributed by atoms with Crippen LogP contribution in [-0.4, -0.2) is 16.5 Å². The molecule has 1 atom stereocenters. The zero-order valence-electron chi connectivity index (χ0n) is 9.70. The van der Waals surface area contributed by atoms with E-state index in [0.717, 1.165) is 17.1 Å². The Labute approximate surface area is 95.7 Å². The molecule has 0 saturated heterocycles. The maximum absolute atomic E-state index is 5.61. The molecule has 1 heterocycles. The van der Waals surface area contributed by atoms with Crippen LogP contribution in [0, 0.1) is 6.92 Å². The van der Waals surface area contributed by atoms with Crippen LogP contribution in [-0.2, 0) is 0 Å². The fourth-order valence-electron chi connectivity index (χ4n) is 1.58. The molecule has 1 aromatic carbocycles. The van der Waals surface area contributed by atoms with E-state index in [4.69, 9.17) is 5.73 Å². The Bertz CT molecular complexity index is 456. The van der Waals surface area contributed by atoms with Crippen molar-refractivity contribution in [2.45, 2.75) is 19.8 Å². The summed E-state index contributed by atoms with van der Waals surface area (Å²) < 4.78 is 0. The molecule has 0 fully saturated rings. The fraction of sp³-hybridized carbons (Fsp3) is 0.308. The second-order valence-corrected chi connectivity index (χ2v) is 4.18. The average Bonchev–Trinajstić information content (AvgIpc) is 2.78. The number of aromatic amines is 1. The van der Waals surface area contributed by atoms with Gasteiger partial charge in [0.25, 0.3) is 0 Å². The van der Waals surface area contributed by atoms with E-state index in [1.54, 1.807) is 0 Å². The van der Waals surface area contributed by atoms with Crippen LogP contribution < -0.4 is 5.73 Å². The fourth-order valence-corrected chi connectivity index (χ4v) is 1.58. The third-order valence-electron chi connectivity index (χ3n) is 2.78. The maximum atomic E-state index is 5.61. The number of H-pyrrole nitrogens is 1. The van der Waals surface area contributed by atoms with Crippen molar-refractivity contribution in [2.24, 2.45) is 5.73 Å². The first-order valence-corrected chi connectivity index (χ1v) is 5.52. The Morgan fingerprint density at radius 2 is 2.00 bits per heavy atom. The first-order chi connectivity index (χ1) is 7.70. The molecule has 0 radical (unpaired) electrons. The highest BCUT2D eigenvalue weighted by Gasteiger charge is 2.08. The average molecular weight is 215 g/mol. The van der Waals surface area contributed by atoms with Crippen LogP contribution in [0.2, 0.25) is 0 Å². The molecule has 3 heteroatoms. The molecule has 1 unspecified atom stereocenters. The molecule has 0 amide bonds. The summed E-state index contributed by atoms with van der Waals surface area (Å²) in [5.41, 5.74) is 9.09. The number of nitrogens with zero attached hydrogens (tertiary/aromatic N) is 1. The molecule has 0 aliphatic rings. The number of benzene rings is 1. The van der Waals surface area contributed by atoms with Gasteiger partial charge in [0.15, 0.2) is 0 Å². The van der Waals surface area contributed by atoms with Gasteiger partial charge in [-0.2, -0.15) is 0 Å². The van der Waals surface area contributed by atoms with E-state index in [1.807, 2.05) is 6.20 Å². The lowest BCUT2D eigenvalue weighted by atomic mass is 10.1. The largest absolute Gasteiger partial charge is 0.342 e. The smallest absolute Gasteiger partial charge is 0.110 e. The number of rotatable bonds is 3. The van der Waals surface area contributed by atoms with Crippen LogP contribution in [0.15, 0.2) is 30.5 Å². The summed E-state index contributed by atoms with van der Waals surface area (Å²) in [5, 5.41) is 0. The van der Waals surface area contributed by atoms with E-state index in [2.05, 4.69) is 48.1 Å². The highest BCUT2D eigenvalue weighted by atomic mass is 14.9. The van der Waals surface area contributed by atoms with Crippen LogP contribution in [0.3, 0.4) is 0 Å². The molecule has 84 valence electrons. The molecular weight excluding hydrogens is 198 g/mol. The van der Waals surface area contributed by atoms with Gasteiger partial charge < -0.3 is 10.7 Å². The van der Waals surface area contributed by atoms with Gasteiger partial charge in [-0.05, 0) is 12.5 Å². The molecular formula is C13H17N3. The summed E-state index contributed by atoms with van der Waals surface area (Å²) in [6.07, 6.45) is 1.87. The van der Waals surface area contributed by atoms with Crippen molar-refractivity contribution in [3.05, 3.63) is 41.9 Å². The number of nitrogens with two attached hydrogens (primary N) is 1. The SMILES string of the molecule is Cc1ccc(-c2cnc(C(C)CN)[nH]2)cc1. The minimum Gasteiger partial charge on any atom is -0.342 e. The normalized spacial score (nSPS) is 12.7. The highest BCUT2D eigenvalue weighted by molar-refractivity contribution is 5.58. The molecule has 16 heavy (non-hydrogen) atoms. The van der Waals surface area contributed by atoms with E-state index in [9.17, 15) is 0 Å². The number of nitrogens with one attached hydrogen (secondary N) is 1. The quantitative estimate of drug-likeness (QED) is 0.826. The maximum Gasteiger partial charge on any atom is 0.110 e. The molecule has 0 spiro atoms. The van der Waals surface area contributed by atoms with E-state index < -0.39 is 0 Å². The van der Waals surface area contributed by atoms with Gasteiger partial charge in [0.2, 0.25) is 0 Å². The van der Waals surface area contributed by atoms with Gasteiger partial charge in [-0.1, -0.05) is 36.8 Å². The van der Waals surface area contributed by atoms with Gasteiger partial charge in [0.05, 0.1) is 11.9 Å². The Morgan fingerprint density at radius 1 is 1.31 bits per heavy atom. The van der Waals surface area contributed by atoms with E-state index in [0.29, 0.717) is 6.54 Å². The molecule has 0 bridgehead atoms. The zero-order valence-corrected chi connectivity index (χ0v) is 9.70. The van der Waals surface area contributed by atoms with Gasteiger partial charge >= 0.3 is 0 Å². The monoisotopic (exact) mass is 215 g/mol. The second kappa shape index (κ2) is 4.49.